The quantitative estimate of drug-likeness (QED) is 0.744. The Balaban J connectivity index is 2.22. The normalized spacial score (nSPS) is 10.3. The van der Waals surface area contributed by atoms with Crippen molar-refractivity contribution in [3.63, 3.8) is 0 Å². The van der Waals surface area contributed by atoms with E-state index in [4.69, 9.17) is 10.8 Å². The Morgan fingerprint density at radius 2 is 2.10 bits per heavy atom. The lowest BCUT2D eigenvalue weighted by Gasteiger charge is -2.12. The third-order valence-corrected chi connectivity index (χ3v) is 3.20. The van der Waals surface area contributed by atoms with E-state index in [9.17, 15) is 4.79 Å². The highest BCUT2D eigenvalue weighted by molar-refractivity contribution is 5.95. The minimum absolute atomic E-state index is 0.116. The Labute approximate surface area is 117 Å². The van der Waals surface area contributed by atoms with E-state index in [0.29, 0.717) is 12.2 Å². The molecule has 4 N–H and O–H groups in total. The first-order chi connectivity index (χ1) is 9.49. The zero-order valence-corrected chi connectivity index (χ0v) is 11.5. The van der Waals surface area contributed by atoms with Gasteiger partial charge in [-0.2, -0.15) is 0 Å². The lowest BCUT2D eigenvalue weighted by atomic mass is 10.1. The molecule has 0 atom stereocenters. The van der Waals surface area contributed by atoms with Gasteiger partial charge < -0.3 is 16.2 Å². The number of carbonyl (C=O) groups is 1. The van der Waals surface area contributed by atoms with Gasteiger partial charge in [0.15, 0.2) is 0 Å². The van der Waals surface area contributed by atoms with E-state index in [1.54, 1.807) is 19.2 Å². The van der Waals surface area contributed by atoms with Gasteiger partial charge in [-0.05, 0) is 43.2 Å². The number of aromatic nitrogens is 1. The average Bonchev–Trinajstić information content (AvgIpc) is 2.41. The molecule has 5 nitrogen and oxygen atoms in total. The van der Waals surface area contributed by atoms with Gasteiger partial charge >= 0.3 is 5.97 Å². The largest absolute Gasteiger partial charge is 0.478 e. The van der Waals surface area contributed by atoms with E-state index in [1.165, 1.54) is 0 Å². The minimum Gasteiger partial charge on any atom is -0.478 e. The summed E-state index contributed by atoms with van der Waals surface area (Å²) in [6.07, 6.45) is 1.74. The molecule has 104 valence electrons. The molecule has 1 heterocycles. The first-order valence-corrected chi connectivity index (χ1v) is 6.27. The van der Waals surface area contributed by atoms with Crippen molar-refractivity contribution < 1.29 is 9.90 Å². The molecule has 0 unspecified atom stereocenters. The molecule has 0 aliphatic carbocycles. The summed E-state index contributed by atoms with van der Waals surface area (Å²) in [5, 5.41) is 12.3. The molecule has 0 saturated heterocycles. The molecule has 0 bridgehead atoms. The summed E-state index contributed by atoms with van der Waals surface area (Å²) >= 11 is 0. The zero-order chi connectivity index (χ0) is 14.7. The number of aromatic carboxylic acids is 1. The summed E-state index contributed by atoms with van der Waals surface area (Å²) in [6.45, 7) is 4.31. The Kier molecular flexibility index (Phi) is 3.89. The van der Waals surface area contributed by atoms with Crippen molar-refractivity contribution in [3.05, 3.63) is 52.8 Å². The monoisotopic (exact) mass is 271 g/mol. The number of nitrogen functional groups attached to an aromatic ring is 1. The van der Waals surface area contributed by atoms with Crippen molar-refractivity contribution in [2.75, 3.05) is 11.1 Å². The van der Waals surface area contributed by atoms with Gasteiger partial charge in [-0.25, -0.2) is 4.79 Å². The molecule has 0 spiro atoms. The van der Waals surface area contributed by atoms with Crippen LogP contribution >= 0.6 is 0 Å². The van der Waals surface area contributed by atoms with Gasteiger partial charge in [-0.15, -0.1) is 0 Å². The number of nitrogens with one attached hydrogen (secondary N) is 1. The van der Waals surface area contributed by atoms with Crippen molar-refractivity contribution in [2.45, 2.75) is 20.4 Å². The summed E-state index contributed by atoms with van der Waals surface area (Å²) in [4.78, 5) is 15.4. The number of aryl methyl sites for hydroxylation is 2. The molecule has 1 aromatic heterocycles. The van der Waals surface area contributed by atoms with Crippen molar-refractivity contribution in [3.8, 4) is 0 Å². The molecule has 0 aliphatic heterocycles. The van der Waals surface area contributed by atoms with E-state index < -0.39 is 5.97 Å². The number of carboxylic acids is 1. The lowest BCUT2D eigenvalue weighted by Crippen LogP contribution is -2.08. The molecule has 0 amide bonds. The molecular weight excluding hydrogens is 254 g/mol. The summed E-state index contributed by atoms with van der Waals surface area (Å²) in [5.41, 5.74) is 9.66. The Bertz CT molecular complexity index is 654. The van der Waals surface area contributed by atoms with Crippen LogP contribution in [0.1, 0.15) is 27.2 Å². The van der Waals surface area contributed by atoms with Crippen LogP contribution in [-0.4, -0.2) is 16.1 Å². The molecule has 2 aromatic rings. The maximum absolute atomic E-state index is 11.1. The number of anilines is 2. The molecular formula is C15H17N3O2. The van der Waals surface area contributed by atoms with Crippen molar-refractivity contribution in [1.29, 1.82) is 0 Å². The smallest absolute Gasteiger partial charge is 0.337 e. The average molecular weight is 271 g/mol. The van der Waals surface area contributed by atoms with Crippen LogP contribution in [0, 0.1) is 13.8 Å². The molecule has 0 aliphatic rings. The number of nitrogens with zero attached hydrogens (tertiary/aromatic N) is 1. The van der Waals surface area contributed by atoms with E-state index in [2.05, 4.69) is 10.3 Å². The number of benzene rings is 1. The SMILES string of the molecule is Cc1cccnc1CNc1cc(C)c(N)c(C(=O)O)c1. The van der Waals surface area contributed by atoms with Crippen LogP contribution in [0.15, 0.2) is 30.5 Å². The molecule has 1 aromatic carbocycles. The summed E-state index contributed by atoms with van der Waals surface area (Å²) in [5.74, 6) is -1.02. The van der Waals surface area contributed by atoms with E-state index >= 15 is 0 Å². The summed E-state index contributed by atoms with van der Waals surface area (Å²) in [6, 6.07) is 7.25. The van der Waals surface area contributed by atoms with Gasteiger partial charge in [0.1, 0.15) is 0 Å². The second kappa shape index (κ2) is 5.61. The number of carboxylic acid groups (broad SMARTS) is 1. The first kappa shape index (κ1) is 13.9. The van der Waals surface area contributed by atoms with E-state index in [1.807, 2.05) is 25.1 Å². The summed E-state index contributed by atoms with van der Waals surface area (Å²) < 4.78 is 0. The Morgan fingerprint density at radius 3 is 2.75 bits per heavy atom. The highest BCUT2D eigenvalue weighted by atomic mass is 16.4. The van der Waals surface area contributed by atoms with Crippen LogP contribution in [0.4, 0.5) is 11.4 Å². The third-order valence-electron chi connectivity index (χ3n) is 3.20. The second-order valence-electron chi connectivity index (χ2n) is 4.68. The second-order valence-corrected chi connectivity index (χ2v) is 4.68. The Hall–Kier alpha value is -2.56. The van der Waals surface area contributed by atoms with Crippen LogP contribution in [0.25, 0.3) is 0 Å². The van der Waals surface area contributed by atoms with E-state index in [-0.39, 0.29) is 5.56 Å². The van der Waals surface area contributed by atoms with Gasteiger partial charge in [0.25, 0.3) is 0 Å². The fraction of sp³-hybridized carbons (Fsp3) is 0.200. The van der Waals surface area contributed by atoms with Gasteiger partial charge in [0.2, 0.25) is 0 Å². The fourth-order valence-corrected chi connectivity index (χ4v) is 1.97. The number of nitrogens with two attached hydrogens (primary N) is 1. The van der Waals surface area contributed by atoms with Crippen LogP contribution in [-0.2, 0) is 6.54 Å². The van der Waals surface area contributed by atoms with Crippen LogP contribution < -0.4 is 11.1 Å². The van der Waals surface area contributed by atoms with Gasteiger partial charge in [-0.1, -0.05) is 6.07 Å². The molecule has 20 heavy (non-hydrogen) atoms. The molecule has 5 heteroatoms. The maximum Gasteiger partial charge on any atom is 0.337 e. The molecule has 2 rings (SSSR count). The highest BCUT2D eigenvalue weighted by Gasteiger charge is 2.11. The van der Waals surface area contributed by atoms with Crippen molar-refractivity contribution in [2.24, 2.45) is 0 Å². The number of pyridine rings is 1. The van der Waals surface area contributed by atoms with Crippen LogP contribution in [0.5, 0.6) is 0 Å². The highest BCUT2D eigenvalue weighted by Crippen LogP contribution is 2.23. The van der Waals surface area contributed by atoms with Gasteiger partial charge in [0, 0.05) is 17.6 Å². The fourth-order valence-electron chi connectivity index (χ4n) is 1.97. The zero-order valence-electron chi connectivity index (χ0n) is 11.5. The van der Waals surface area contributed by atoms with Crippen molar-refractivity contribution >= 4 is 17.3 Å². The molecule has 0 radical (unpaired) electrons. The standard InChI is InChI=1S/C15H17N3O2/c1-9-4-3-5-17-13(9)8-18-11-6-10(2)14(16)12(7-11)15(19)20/h3-7,18H,8,16H2,1-2H3,(H,19,20). The van der Waals surface area contributed by atoms with Gasteiger partial charge in [-0.3, -0.25) is 4.98 Å². The molecule has 0 fully saturated rings. The predicted octanol–water partition coefficient (Wildman–Crippen LogP) is 2.59. The summed E-state index contributed by atoms with van der Waals surface area (Å²) in [7, 11) is 0. The predicted molar refractivity (Wildman–Crippen MR) is 78.9 cm³/mol. The number of rotatable bonds is 4. The van der Waals surface area contributed by atoms with Crippen LogP contribution in [0.3, 0.4) is 0 Å². The Morgan fingerprint density at radius 1 is 1.35 bits per heavy atom. The maximum atomic E-state index is 11.1. The molecule has 0 saturated carbocycles. The van der Waals surface area contributed by atoms with Crippen molar-refractivity contribution in [1.82, 2.24) is 4.98 Å². The van der Waals surface area contributed by atoms with Crippen LogP contribution in [0.2, 0.25) is 0 Å². The number of hydrogen-bond acceptors (Lipinski definition) is 4. The lowest BCUT2D eigenvalue weighted by molar-refractivity contribution is 0.0698. The van der Waals surface area contributed by atoms with Gasteiger partial charge in [0.05, 0.1) is 17.8 Å². The van der Waals surface area contributed by atoms with E-state index in [0.717, 1.165) is 22.5 Å². The topological polar surface area (TPSA) is 88.2 Å². The number of hydrogen-bond donors (Lipinski definition) is 3. The first-order valence-electron chi connectivity index (χ1n) is 6.27. The minimum atomic E-state index is -1.02. The third kappa shape index (κ3) is 2.88.